The van der Waals surface area contributed by atoms with Gasteiger partial charge < -0.3 is 9.64 Å². The molecule has 1 saturated heterocycles. The molecule has 3 rings (SSSR count). The third kappa shape index (κ3) is 5.90. The van der Waals surface area contributed by atoms with Gasteiger partial charge in [0, 0.05) is 11.6 Å². The number of hydrogen-bond donors (Lipinski definition) is 0. The lowest BCUT2D eigenvalue weighted by molar-refractivity contribution is 0.181. The summed E-state index contributed by atoms with van der Waals surface area (Å²) < 4.78 is 5.47. The second kappa shape index (κ2) is 10.8. The molecule has 0 aromatic heterocycles. The van der Waals surface area contributed by atoms with Crippen molar-refractivity contribution in [1.29, 1.82) is 0 Å². The molecule has 2 aromatic carbocycles. The number of rotatable bonds is 7. The molecule has 1 heterocycles. The third-order valence-electron chi connectivity index (χ3n) is 5.38. The SMILES string of the molecule is COc1ccccc1CCC1CCN(CCc2ccccc2Cl)CC1.Cl. The summed E-state index contributed by atoms with van der Waals surface area (Å²) in [6.45, 7) is 3.53. The highest BCUT2D eigenvalue weighted by molar-refractivity contribution is 6.31. The number of halogens is 2. The maximum Gasteiger partial charge on any atom is 0.122 e. The fraction of sp³-hybridized carbons (Fsp3) is 0.455. The molecule has 0 N–H and O–H groups in total. The molecule has 0 aliphatic carbocycles. The first kappa shape index (κ1) is 21.1. The zero-order valence-electron chi connectivity index (χ0n) is 15.5. The first-order valence-corrected chi connectivity index (χ1v) is 9.71. The zero-order chi connectivity index (χ0) is 17.5. The highest BCUT2D eigenvalue weighted by atomic mass is 35.5. The maximum absolute atomic E-state index is 6.26. The molecule has 142 valence electrons. The lowest BCUT2D eigenvalue weighted by atomic mass is 9.90. The van der Waals surface area contributed by atoms with Gasteiger partial charge in [-0.3, -0.25) is 0 Å². The zero-order valence-corrected chi connectivity index (χ0v) is 17.1. The van der Waals surface area contributed by atoms with Crippen LogP contribution in [0.25, 0.3) is 0 Å². The highest BCUT2D eigenvalue weighted by Gasteiger charge is 2.19. The van der Waals surface area contributed by atoms with Crippen molar-refractivity contribution < 1.29 is 4.74 Å². The van der Waals surface area contributed by atoms with E-state index in [9.17, 15) is 0 Å². The van der Waals surface area contributed by atoms with E-state index in [1.165, 1.54) is 43.5 Å². The van der Waals surface area contributed by atoms with Crippen molar-refractivity contribution in [2.24, 2.45) is 5.92 Å². The average molecular weight is 394 g/mol. The number of likely N-dealkylation sites (tertiary alicyclic amines) is 1. The van der Waals surface area contributed by atoms with Gasteiger partial charge >= 0.3 is 0 Å². The second-order valence-electron chi connectivity index (χ2n) is 6.98. The van der Waals surface area contributed by atoms with Gasteiger partial charge in [-0.25, -0.2) is 0 Å². The average Bonchev–Trinajstić information content (AvgIpc) is 2.67. The van der Waals surface area contributed by atoms with Gasteiger partial charge in [-0.1, -0.05) is 48.0 Å². The van der Waals surface area contributed by atoms with Gasteiger partial charge in [-0.2, -0.15) is 0 Å². The number of nitrogens with zero attached hydrogens (tertiary/aromatic N) is 1. The van der Waals surface area contributed by atoms with Crippen LogP contribution in [0.15, 0.2) is 48.5 Å². The van der Waals surface area contributed by atoms with Crippen LogP contribution in [0.2, 0.25) is 5.02 Å². The number of hydrogen-bond acceptors (Lipinski definition) is 2. The Bertz CT molecular complexity index is 669. The molecule has 1 aliphatic heterocycles. The number of ether oxygens (including phenoxy) is 1. The maximum atomic E-state index is 6.26. The topological polar surface area (TPSA) is 12.5 Å². The van der Waals surface area contributed by atoms with E-state index in [2.05, 4.69) is 35.2 Å². The van der Waals surface area contributed by atoms with Crippen molar-refractivity contribution in [3.8, 4) is 5.75 Å². The minimum atomic E-state index is 0. The predicted octanol–water partition coefficient (Wildman–Crippen LogP) is 5.66. The number of aryl methyl sites for hydroxylation is 1. The van der Waals surface area contributed by atoms with E-state index in [0.29, 0.717) is 0 Å². The summed E-state index contributed by atoms with van der Waals surface area (Å²) in [5.41, 5.74) is 2.61. The summed E-state index contributed by atoms with van der Waals surface area (Å²) in [5, 5.41) is 0.897. The van der Waals surface area contributed by atoms with Crippen molar-refractivity contribution in [3.63, 3.8) is 0 Å². The van der Waals surface area contributed by atoms with Gasteiger partial charge in [-0.05, 0) is 74.4 Å². The number of methoxy groups -OCH3 is 1. The van der Waals surface area contributed by atoms with Crippen molar-refractivity contribution in [2.45, 2.75) is 32.1 Å². The summed E-state index contributed by atoms with van der Waals surface area (Å²) in [5.74, 6) is 1.86. The molecule has 2 nitrogen and oxygen atoms in total. The molecular formula is C22H29Cl2NO. The second-order valence-corrected chi connectivity index (χ2v) is 7.38. The lowest BCUT2D eigenvalue weighted by Crippen LogP contribution is -2.35. The normalized spacial score (nSPS) is 15.5. The van der Waals surface area contributed by atoms with Crippen LogP contribution < -0.4 is 4.74 Å². The monoisotopic (exact) mass is 393 g/mol. The Balaban J connectivity index is 0.00000243. The minimum absolute atomic E-state index is 0. The number of piperidine rings is 1. The van der Waals surface area contributed by atoms with Crippen molar-refractivity contribution in [2.75, 3.05) is 26.7 Å². The van der Waals surface area contributed by atoms with E-state index in [1.807, 2.05) is 18.2 Å². The van der Waals surface area contributed by atoms with Gasteiger partial charge in [0.25, 0.3) is 0 Å². The van der Waals surface area contributed by atoms with E-state index >= 15 is 0 Å². The standard InChI is InChI=1S/C22H28ClNO.ClH/c1-25-22-9-5-3-7-20(22)11-10-18-12-15-24(16-13-18)17-14-19-6-2-4-8-21(19)23;/h2-9,18H,10-17H2,1H3;1H. The Kier molecular flexibility index (Phi) is 8.77. The fourth-order valence-electron chi connectivity index (χ4n) is 3.75. The van der Waals surface area contributed by atoms with E-state index in [4.69, 9.17) is 16.3 Å². The number of benzene rings is 2. The van der Waals surface area contributed by atoms with Crippen LogP contribution >= 0.6 is 24.0 Å². The van der Waals surface area contributed by atoms with Crippen LogP contribution in [-0.2, 0) is 12.8 Å². The molecule has 0 radical (unpaired) electrons. The van der Waals surface area contributed by atoms with Crippen LogP contribution in [0.4, 0.5) is 0 Å². The molecule has 1 aliphatic rings. The molecule has 26 heavy (non-hydrogen) atoms. The Hall–Kier alpha value is -1.22. The number of para-hydroxylation sites is 1. The Morgan fingerprint density at radius 2 is 1.62 bits per heavy atom. The predicted molar refractivity (Wildman–Crippen MR) is 113 cm³/mol. The Labute approximate surface area is 168 Å². The Morgan fingerprint density at radius 1 is 0.962 bits per heavy atom. The molecule has 0 spiro atoms. The first-order valence-electron chi connectivity index (χ1n) is 9.34. The molecule has 4 heteroatoms. The van der Waals surface area contributed by atoms with E-state index in [-0.39, 0.29) is 12.4 Å². The van der Waals surface area contributed by atoms with E-state index < -0.39 is 0 Å². The quantitative estimate of drug-likeness (QED) is 0.601. The molecule has 0 atom stereocenters. The summed E-state index contributed by atoms with van der Waals surface area (Å²) in [7, 11) is 1.76. The van der Waals surface area contributed by atoms with Gasteiger partial charge in [0.15, 0.2) is 0 Å². The van der Waals surface area contributed by atoms with Crippen LogP contribution in [0.3, 0.4) is 0 Å². The van der Waals surface area contributed by atoms with Gasteiger partial charge in [0.1, 0.15) is 5.75 Å². The molecule has 1 fully saturated rings. The summed E-state index contributed by atoms with van der Waals surface area (Å²) in [6, 6.07) is 16.6. The Morgan fingerprint density at radius 3 is 2.31 bits per heavy atom. The lowest BCUT2D eigenvalue weighted by Gasteiger charge is -2.32. The van der Waals surface area contributed by atoms with Crippen molar-refractivity contribution in [3.05, 3.63) is 64.7 Å². The van der Waals surface area contributed by atoms with Crippen LogP contribution in [-0.4, -0.2) is 31.6 Å². The van der Waals surface area contributed by atoms with Crippen LogP contribution in [0.1, 0.15) is 30.4 Å². The smallest absolute Gasteiger partial charge is 0.122 e. The van der Waals surface area contributed by atoms with Gasteiger partial charge in [0.05, 0.1) is 7.11 Å². The molecule has 0 bridgehead atoms. The molecule has 0 saturated carbocycles. The van der Waals surface area contributed by atoms with Gasteiger partial charge in [-0.15, -0.1) is 12.4 Å². The highest BCUT2D eigenvalue weighted by Crippen LogP contribution is 2.26. The van der Waals surface area contributed by atoms with Crippen LogP contribution in [0, 0.1) is 5.92 Å². The summed E-state index contributed by atoms with van der Waals surface area (Å²) >= 11 is 6.26. The molecule has 0 unspecified atom stereocenters. The molecule has 2 aromatic rings. The van der Waals surface area contributed by atoms with Crippen molar-refractivity contribution >= 4 is 24.0 Å². The van der Waals surface area contributed by atoms with Crippen molar-refractivity contribution in [1.82, 2.24) is 4.90 Å². The molecular weight excluding hydrogens is 365 g/mol. The fourth-order valence-corrected chi connectivity index (χ4v) is 3.98. The van der Waals surface area contributed by atoms with E-state index in [1.54, 1.807) is 7.11 Å². The minimum Gasteiger partial charge on any atom is -0.496 e. The van der Waals surface area contributed by atoms with Gasteiger partial charge in [0.2, 0.25) is 0 Å². The third-order valence-corrected chi connectivity index (χ3v) is 5.75. The summed E-state index contributed by atoms with van der Waals surface area (Å²) in [6.07, 6.45) is 6.04. The summed E-state index contributed by atoms with van der Waals surface area (Å²) in [4.78, 5) is 2.59. The first-order chi connectivity index (χ1) is 12.3. The van der Waals surface area contributed by atoms with E-state index in [0.717, 1.165) is 36.1 Å². The molecule has 0 amide bonds. The largest absolute Gasteiger partial charge is 0.496 e. The van der Waals surface area contributed by atoms with Crippen LogP contribution in [0.5, 0.6) is 5.75 Å².